The lowest BCUT2D eigenvalue weighted by Gasteiger charge is -2.06. The van der Waals surface area contributed by atoms with Gasteiger partial charge in [0.05, 0.1) is 17.3 Å². The van der Waals surface area contributed by atoms with Gasteiger partial charge in [-0.25, -0.2) is 4.39 Å². The van der Waals surface area contributed by atoms with Crippen LogP contribution in [0.15, 0.2) is 42.5 Å². The lowest BCUT2D eigenvalue weighted by molar-refractivity contribution is -0.105. The fourth-order valence-electron chi connectivity index (χ4n) is 1.70. The molecule has 4 heteroatoms. The Labute approximate surface area is 103 Å². The summed E-state index contributed by atoms with van der Waals surface area (Å²) in [6, 6.07) is 13.4. The zero-order valence-electron chi connectivity index (χ0n) is 9.35. The Morgan fingerprint density at radius 1 is 1.22 bits per heavy atom. The molecule has 0 aliphatic rings. The average Bonchev–Trinajstić information content (AvgIpc) is 2.41. The van der Waals surface area contributed by atoms with Crippen LogP contribution >= 0.6 is 0 Å². The van der Waals surface area contributed by atoms with Crippen molar-refractivity contribution in [3.05, 3.63) is 53.8 Å². The summed E-state index contributed by atoms with van der Waals surface area (Å²) in [6.45, 7) is 0. The lowest BCUT2D eigenvalue weighted by atomic mass is 10.00. The van der Waals surface area contributed by atoms with Gasteiger partial charge in [-0.05, 0) is 29.3 Å². The number of halogens is 1. The molecule has 2 aromatic rings. The molecule has 0 saturated heterocycles. The zero-order valence-corrected chi connectivity index (χ0v) is 9.35. The smallest absolute Gasteiger partial charge is 0.211 e. The molecule has 18 heavy (non-hydrogen) atoms. The molecule has 0 spiro atoms. The van der Waals surface area contributed by atoms with Crippen LogP contribution in [-0.2, 0) is 4.79 Å². The highest BCUT2D eigenvalue weighted by Crippen LogP contribution is 2.26. The SMILES string of the molecule is N#Cc1ccccc1-c1ccc(NC=O)c(F)c1. The number of amides is 1. The number of hydrogen-bond acceptors (Lipinski definition) is 2. The molecule has 2 aromatic carbocycles. The Morgan fingerprint density at radius 3 is 2.67 bits per heavy atom. The van der Waals surface area contributed by atoms with Crippen molar-refractivity contribution in [1.29, 1.82) is 5.26 Å². The molecule has 1 amide bonds. The van der Waals surface area contributed by atoms with Crippen molar-refractivity contribution in [1.82, 2.24) is 0 Å². The van der Waals surface area contributed by atoms with Crippen LogP contribution in [0.5, 0.6) is 0 Å². The van der Waals surface area contributed by atoms with Gasteiger partial charge < -0.3 is 5.32 Å². The maximum absolute atomic E-state index is 13.7. The first-order chi connectivity index (χ1) is 8.76. The molecule has 0 aliphatic carbocycles. The fraction of sp³-hybridized carbons (Fsp3) is 0. The van der Waals surface area contributed by atoms with E-state index in [0.717, 1.165) is 0 Å². The predicted molar refractivity (Wildman–Crippen MR) is 66.2 cm³/mol. The molecule has 0 aliphatic heterocycles. The van der Waals surface area contributed by atoms with Crippen LogP contribution in [0.25, 0.3) is 11.1 Å². The fourth-order valence-corrected chi connectivity index (χ4v) is 1.70. The summed E-state index contributed by atoms with van der Waals surface area (Å²) in [5.74, 6) is -0.535. The third-order valence-electron chi connectivity index (χ3n) is 2.54. The number of nitrogens with zero attached hydrogens (tertiary/aromatic N) is 1. The van der Waals surface area contributed by atoms with E-state index in [1.54, 1.807) is 30.3 Å². The van der Waals surface area contributed by atoms with Gasteiger partial charge in [-0.3, -0.25) is 4.79 Å². The first-order valence-electron chi connectivity index (χ1n) is 5.25. The summed E-state index contributed by atoms with van der Waals surface area (Å²) in [5, 5.41) is 11.2. The van der Waals surface area contributed by atoms with Gasteiger partial charge in [0.1, 0.15) is 5.82 Å². The van der Waals surface area contributed by atoms with Crippen molar-refractivity contribution < 1.29 is 9.18 Å². The number of benzene rings is 2. The van der Waals surface area contributed by atoms with Crippen molar-refractivity contribution in [2.24, 2.45) is 0 Å². The van der Waals surface area contributed by atoms with E-state index < -0.39 is 5.82 Å². The Hall–Kier alpha value is -2.67. The van der Waals surface area contributed by atoms with Crippen LogP contribution in [-0.4, -0.2) is 6.41 Å². The van der Waals surface area contributed by atoms with Gasteiger partial charge in [0.2, 0.25) is 6.41 Å². The van der Waals surface area contributed by atoms with E-state index in [4.69, 9.17) is 5.26 Å². The highest BCUT2D eigenvalue weighted by atomic mass is 19.1. The number of hydrogen-bond donors (Lipinski definition) is 1. The lowest BCUT2D eigenvalue weighted by Crippen LogP contribution is -1.97. The first kappa shape index (κ1) is 11.8. The molecule has 88 valence electrons. The summed E-state index contributed by atoms with van der Waals surface area (Å²) >= 11 is 0. The topological polar surface area (TPSA) is 52.9 Å². The van der Waals surface area contributed by atoms with Gasteiger partial charge >= 0.3 is 0 Å². The summed E-state index contributed by atoms with van der Waals surface area (Å²) in [6.07, 6.45) is 0.418. The molecule has 0 bridgehead atoms. The molecular formula is C14H9FN2O. The van der Waals surface area contributed by atoms with E-state index in [0.29, 0.717) is 23.1 Å². The Kier molecular flexibility index (Phi) is 3.35. The molecule has 0 atom stereocenters. The molecule has 3 nitrogen and oxygen atoms in total. The second-order valence-corrected chi connectivity index (χ2v) is 3.61. The maximum Gasteiger partial charge on any atom is 0.211 e. The molecule has 0 heterocycles. The Bertz CT molecular complexity index is 632. The first-order valence-corrected chi connectivity index (χ1v) is 5.25. The van der Waals surface area contributed by atoms with E-state index >= 15 is 0 Å². The number of nitriles is 1. The minimum absolute atomic E-state index is 0.114. The third kappa shape index (κ3) is 2.20. The van der Waals surface area contributed by atoms with E-state index in [-0.39, 0.29) is 5.69 Å². The van der Waals surface area contributed by atoms with E-state index in [2.05, 4.69) is 11.4 Å². The van der Waals surface area contributed by atoms with E-state index in [1.807, 2.05) is 0 Å². The summed E-state index contributed by atoms with van der Waals surface area (Å²) in [5.41, 5.74) is 1.86. The minimum atomic E-state index is -0.535. The van der Waals surface area contributed by atoms with Crippen molar-refractivity contribution in [2.75, 3.05) is 5.32 Å². The normalized spacial score (nSPS) is 9.56. The molecule has 0 fully saturated rings. The summed E-state index contributed by atoms with van der Waals surface area (Å²) in [4.78, 5) is 10.3. The van der Waals surface area contributed by atoms with Crippen LogP contribution in [0.1, 0.15) is 5.56 Å². The maximum atomic E-state index is 13.7. The number of carbonyl (C=O) groups is 1. The van der Waals surface area contributed by atoms with Crippen LogP contribution in [0.3, 0.4) is 0 Å². The molecule has 0 unspecified atom stereocenters. The average molecular weight is 240 g/mol. The van der Waals surface area contributed by atoms with Crippen molar-refractivity contribution in [3.63, 3.8) is 0 Å². The second kappa shape index (κ2) is 5.11. The standard InChI is InChI=1S/C14H9FN2O/c15-13-7-10(5-6-14(13)17-9-18)12-4-2-1-3-11(12)8-16/h1-7,9H,(H,17,18). The molecule has 2 rings (SSSR count). The summed E-state index contributed by atoms with van der Waals surface area (Å²) < 4.78 is 13.7. The Morgan fingerprint density at radius 2 is 2.00 bits per heavy atom. The van der Waals surface area contributed by atoms with Gasteiger partial charge in [0, 0.05) is 0 Å². The highest BCUT2D eigenvalue weighted by molar-refractivity contribution is 5.76. The number of rotatable bonds is 3. The van der Waals surface area contributed by atoms with E-state index in [1.165, 1.54) is 12.1 Å². The van der Waals surface area contributed by atoms with Crippen LogP contribution in [0, 0.1) is 17.1 Å². The molecule has 0 radical (unpaired) electrons. The number of anilines is 1. The van der Waals surface area contributed by atoms with Gasteiger partial charge in [0.15, 0.2) is 0 Å². The minimum Gasteiger partial charge on any atom is -0.326 e. The molecule has 0 saturated carbocycles. The molecular weight excluding hydrogens is 231 g/mol. The molecule has 1 N–H and O–H groups in total. The third-order valence-corrected chi connectivity index (χ3v) is 2.54. The van der Waals surface area contributed by atoms with Crippen molar-refractivity contribution in [3.8, 4) is 17.2 Å². The quantitative estimate of drug-likeness (QED) is 0.838. The monoisotopic (exact) mass is 240 g/mol. The van der Waals surface area contributed by atoms with Gasteiger partial charge in [0.25, 0.3) is 0 Å². The van der Waals surface area contributed by atoms with Crippen molar-refractivity contribution >= 4 is 12.1 Å². The van der Waals surface area contributed by atoms with Gasteiger partial charge in [-0.15, -0.1) is 0 Å². The van der Waals surface area contributed by atoms with E-state index in [9.17, 15) is 9.18 Å². The zero-order chi connectivity index (χ0) is 13.0. The van der Waals surface area contributed by atoms with Gasteiger partial charge in [-0.1, -0.05) is 24.3 Å². The number of carbonyl (C=O) groups excluding carboxylic acids is 1. The van der Waals surface area contributed by atoms with Crippen LogP contribution < -0.4 is 5.32 Å². The van der Waals surface area contributed by atoms with Crippen LogP contribution in [0.4, 0.5) is 10.1 Å². The highest BCUT2D eigenvalue weighted by Gasteiger charge is 2.07. The largest absolute Gasteiger partial charge is 0.326 e. The predicted octanol–water partition coefficient (Wildman–Crippen LogP) is 2.93. The number of nitrogens with one attached hydrogen (secondary N) is 1. The Balaban J connectivity index is 2.49. The van der Waals surface area contributed by atoms with Crippen LogP contribution in [0.2, 0.25) is 0 Å². The summed E-state index contributed by atoms with van der Waals surface area (Å²) in [7, 11) is 0. The molecule has 0 aromatic heterocycles. The van der Waals surface area contributed by atoms with Gasteiger partial charge in [-0.2, -0.15) is 5.26 Å². The second-order valence-electron chi connectivity index (χ2n) is 3.61. The van der Waals surface area contributed by atoms with Crippen molar-refractivity contribution in [2.45, 2.75) is 0 Å².